The van der Waals surface area contributed by atoms with Gasteiger partial charge in [0.05, 0.1) is 13.1 Å². The maximum absolute atomic E-state index is 14.5. The molecule has 0 aromatic heterocycles. The number of hydrogen-bond donors (Lipinski definition) is 2. The van der Waals surface area contributed by atoms with Gasteiger partial charge >= 0.3 is 0 Å². The summed E-state index contributed by atoms with van der Waals surface area (Å²) in [5.74, 6) is -0.991. The van der Waals surface area contributed by atoms with E-state index in [4.69, 9.17) is 4.74 Å². The predicted octanol–water partition coefficient (Wildman–Crippen LogP) is 4.17. The Morgan fingerprint density at radius 3 is 2.42 bits per heavy atom. The summed E-state index contributed by atoms with van der Waals surface area (Å²) in [5, 5.41) is 4.79. The van der Waals surface area contributed by atoms with Gasteiger partial charge < -0.3 is 30.1 Å². The molecule has 0 bridgehead atoms. The van der Waals surface area contributed by atoms with Gasteiger partial charge in [-0.3, -0.25) is 19.2 Å². The molecule has 2 saturated heterocycles. The molecule has 1 unspecified atom stereocenters. The van der Waals surface area contributed by atoms with E-state index < -0.39 is 23.7 Å². The Kier molecular flexibility index (Phi) is 11.1. The number of halogens is 1. The summed E-state index contributed by atoms with van der Waals surface area (Å²) < 4.78 is 21.0. The van der Waals surface area contributed by atoms with Gasteiger partial charge in [-0.05, 0) is 66.3 Å². The largest absolute Gasteiger partial charge is 0.484 e. The first-order valence-electron chi connectivity index (χ1n) is 17.8. The van der Waals surface area contributed by atoms with Crippen molar-refractivity contribution in [2.45, 2.75) is 70.1 Å². The van der Waals surface area contributed by atoms with Crippen molar-refractivity contribution in [1.82, 2.24) is 14.7 Å². The van der Waals surface area contributed by atoms with E-state index >= 15 is 0 Å². The van der Waals surface area contributed by atoms with Gasteiger partial charge in [0, 0.05) is 56.8 Å². The molecule has 3 aliphatic rings. The summed E-state index contributed by atoms with van der Waals surface area (Å²) in [6.45, 7) is 3.78. The Morgan fingerprint density at radius 2 is 1.70 bits per heavy atom. The van der Waals surface area contributed by atoms with Gasteiger partial charge in [-0.2, -0.15) is 0 Å². The molecule has 4 amide bonds. The third kappa shape index (κ3) is 8.33. The zero-order chi connectivity index (χ0) is 35.2. The van der Waals surface area contributed by atoms with Crippen molar-refractivity contribution in [3.8, 4) is 5.75 Å². The second-order valence-corrected chi connectivity index (χ2v) is 13.8. The number of carbonyl (C=O) groups is 4. The Balaban J connectivity index is 1.29. The van der Waals surface area contributed by atoms with Gasteiger partial charge in [-0.1, -0.05) is 49.6 Å². The van der Waals surface area contributed by atoms with Crippen LogP contribution in [0.1, 0.15) is 83.2 Å². The van der Waals surface area contributed by atoms with Crippen LogP contribution in [0.15, 0.2) is 66.7 Å². The fraction of sp³-hybridized carbons (Fsp3) is 0.436. The van der Waals surface area contributed by atoms with Crippen molar-refractivity contribution in [2.24, 2.45) is 0 Å². The average molecular weight is 685 g/mol. The molecule has 0 radical (unpaired) electrons. The molecule has 3 fully saturated rings. The number of nitrogens with zero attached hydrogens (tertiary/aromatic N) is 3. The number of anilines is 1. The highest BCUT2D eigenvalue weighted by molar-refractivity contribution is 6.00. The first kappa shape index (κ1) is 35.1. The minimum atomic E-state index is -0.972. The normalized spacial score (nSPS) is 19.6. The van der Waals surface area contributed by atoms with E-state index in [0.717, 1.165) is 74.2 Å². The van der Waals surface area contributed by atoms with E-state index in [9.17, 15) is 23.6 Å². The molecule has 3 aromatic carbocycles. The summed E-state index contributed by atoms with van der Waals surface area (Å²) in [5.41, 5.74) is 2.69. The van der Waals surface area contributed by atoms with Gasteiger partial charge in [0.15, 0.2) is 6.10 Å². The maximum atomic E-state index is 14.5. The van der Waals surface area contributed by atoms with Crippen LogP contribution in [0.25, 0.3) is 0 Å². The zero-order valence-electron chi connectivity index (χ0n) is 28.9. The number of nitrogens with two attached hydrogens (primary N) is 1. The molecule has 2 heterocycles. The molecule has 2 aliphatic heterocycles. The fourth-order valence-electron chi connectivity index (χ4n) is 7.48. The summed E-state index contributed by atoms with van der Waals surface area (Å²) in [6.07, 6.45) is 6.68. The highest BCUT2D eigenvalue weighted by Crippen LogP contribution is 2.39. The SMILES string of the molecule is CC(=O)Nc1cc(F)cc(C(=O)N2CCN(C(=O)c3ccc(O[C@H]4CC[NH2+]C4)c(C4CCCCC4)c3)C(C(=O)N(C)Cc3ccccc3)C2)c1. The van der Waals surface area contributed by atoms with Crippen molar-refractivity contribution in [3.05, 3.63) is 94.8 Å². The van der Waals surface area contributed by atoms with E-state index in [-0.39, 0.29) is 48.8 Å². The third-order valence-electron chi connectivity index (χ3n) is 10.0. The zero-order valence-corrected chi connectivity index (χ0v) is 28.9. The van der Waals surface area contributed by atoms with Gasteiger partial charge in [-0.25, -0.2) is 4.39 Å². The van der Waals surface area contributed by atoms with Crippen molar-refractivity contribution in [1.29, 1.82) is 0 Å². The molecule has 3 aromatic rings. The van der Waals surface area contributed by atoms with Crippen LogP contribution in [-0.2, 0) is 16.1 Å². The molecule has 1 saturated carbocycles. The molecule has 3 N–H and O–H groups in total. The Hall–Kier alpha value is -4.77. The minimum absolute atomic E-state index is 0.0462. The number of amides is 4. The summed E-state index contributed by atoms with van der Waals surface area (Å²) in [7, 11) is 1.69. The highest BCUT2D eigenvalue weighted by Gasteiger charge is 2.39. The Morgan fingerprint density at radius 1 is 0.920 bits per heavy atom. The lowest BCUT2D eigenvalue weighted by molar-refractivity contribution is -0.638. The van der Waals surface area contributed by atoms with E-state index in [1.165, 1.54) is 24.3 Å². The van der Waals surface area contributed by atoms with Crippen molar-refractivity contribution >= 4 is 29.3 Å². The van der Waals surface area contributed by atoms with Gasteiger partial charge in [-0.15, -0.1) is 0 Å². The number of hydrogen-bond acceptors (Lipinski definition) is 5. The number of piperazine rings is 1. The lowest BCUT2D eigenvalue weighted by Gasteiger charge is -2.42. The van der Waals surface area contributed by atoms with Crippen molar-refractivity contribution in [3.63, 3.8) is 0 Å². The second kappa shape index (κ2) is 15.8. The van der Waals surface area contributed by atoms with Crippen LogP contribution in [0.5, 0.6) is 5.75 Å². The van der Waals surface area contributed by atoms with E-state index in [1.54, 1.807) is 22.9 Å². The lowest BCUT2D eigenvalue weighted by Crippen LogP contribution is -2.81. The Bertz CT molecular complexity index is 1710. The van der Waals surface area contributed by atoms with Gasteiger partial charge in [0.2, 0.25) is 11.8 Å². The number of nitrogens with one attached hydrogen (secondary N) is 1. The minimum Gasteiger partial charge on any atom is -0.484 e. The molecule has 0 spiro atoms. The predicted molar refractivity (Wildman–Crippen MR) is 187 cm³/mol. The topological polar surface area (TPSA) is 116 Å². The molecule has 11 heteroatoms. The standard InChI is InChI=1S/C39H46FN5O5/c1-26(46)42-32-20-30(19-31(40)22-32)37(47)44-17-18-45(35(25-44)39(49)43(2)24-27-9-5-3-6-10-27)38(48)29-13-14-36(50-33-15-16-41-23-33)34(21-29)28-11-7-4-8-12-28/h3,5-6,9-10,13-14,19-22,28,33,35,41H,4,7-8,11-12,15-18,23-25H2,1-2H3,(H,42,46)/p+1/t33-,35?/m0/s1. The second-order valence-electron chi connectivity index (χ2n) is 13.8. The van der Waals surface area contributed by atoms with Crippen LogP contribution >= 0.6 is 0 Å². The monoisotopic (exact) mass is 684 g/mol. The van der Waals surface area contributed by atoms with Crippen LogP contribution in [0.3, 0.4) is 0 Å². The maximum Gasteiger partial charge on any atom is 0.254 e. The van der Waals surface area contributed by atoms with Crippen molar-refractivity contribution in [2.75, 3.05) is 45.1 Å². The molecule has 10 nitrogen and oxygen atoms in total. The quantitative estimate of drug-likeness (QED) is 0.351. The highest BCUT2D eigenvalue weighted by atomic mass is 19.1. The number of benzene rings is 3. The first-order chi connectivity index (χ1) is 24.2. The molecular formula is C39H47FN5O5+. The fourth-order valence-corrected chi connectivity index (χ4v) is 7.48. The lowest BCUT2D eigenvalue weighted by atomic mass is 9.83. The third-order valence-corrected chi connectivity index (χ3v) is 10.0. The van der Waals surface area contributed by atoms with Crippen LogP contribution < -0.4 is 15.4 Å². The van der Waals surface area contributed by atoms with Crippen LogP contribution in [-0.4, -0.2) is 90.2 Å². The van der Waals surface area contributed by atoms with E-state index in [2.05, 4.69) is 10.6 Å². The first-order valence-corrected chi connectivity index (χ1v) is 17.8. The van der Waals surface area contributed by atoms with E-state index in [1.807, 2.05) is 42.5 Å². The summed E-state index contributed by atoms with van der Waals surface area (Å²) in [6, 6.07) is 18.0. The van der Waals surface area contributed by atoms with Crippen LogP contribution in [0.4, 0.5) is 10.1 Å². The van der Waals surface area contributed by atoms with Crippen LogP contribution in [0.2, 0.25) is 0 Å². The average Bonchev–Trinajstić information content (AvgIpc) is 3.64. The molecule has 6 rings (SSSR count). The van der Waals surface area contributed by atoms with Crippen molar-refractivity contribution < 1.29 is 33.6 Å². The van der Waals surface area contributed by atoms with Crippen LogP contribution in [0, 0.1) is 5.82 Å². The summed E-state index contributed by atoms with van der Waals surface area (Å²) in [4.78, 5) is 58.7. The van der Waals surface area contributed by atoms with Gasteiger partial charge in [0.1, 0.15) is 24.2 Å². The van der Waals surface area contributed by atoms with Gasteiger partial charge in [0.25, 0.3) is 11.8 Å². The number of carbonyl (C=O) groups excluding carboxylic acids is 4. The molecule has 2 atom stereocenters. The molecular weight excluding hydrogens is 637 g/mol. The smallest absolute Gasteiger partial charge is 0.254 e. The molecule has 264 valence electrons. The Labute approximate surface area is 292 Å². The van der Waals surface area contributed by atoms with E-state index in [0.29, 0.717) is 18.0 Å². The number of rotatable bonds is 9. The number of quaternary nitrogens is 1. The number of ether oxygens (including phenoxy) is 1. The molecule has 50 heavy (non-hydrogen) atoms. The molecule has 1 aliphatic carbocycles. The summed E-state index contributed by atoms with van der Waals surface area (Å²) >= 11 is 0. The number of likely N-dealkylation sites (N-methyl/N-ethyl adjacent to an activating group) is 1.